The van der Waals surface area contributed by atoms with Crippen molar-refractivity contribution in [1.29, 1.82) is 0 Å². The van der Waals surface area contributed by atoms with Crippen molar-refractivity contribution in [3.05, 3.63) is 24.0 Å². The normalized spacial score (nSPS) is 23.8. The molecule has 1 aliphatic heterocycles. The van der Waals surface area contributed by atoms with E-state index in [1.54, 1.807) is 12.4 Å². The molecular weight excluding hydrogens is 216 g/mol. The van der Waals surface area contributed by atoms with Crippen LogP contribution in [0.2, 0.25) is 0 Å². The lowest BCUT2D eigenvalue weighted by Gasteiger charge is -2.43. The number of hydrogen-bond acceptors (Lipinski definition) is 4. The molecule has 2 rings (SSSR count). The Morgan fingerprint density at radius 1 is 1.53 bits per heavy atom. The van der Waals surface area contributed by atoms with Gasteiger partial charge in [-0.3, -0.25) is 4.98 Å². The van der Waals surface area contributed by atoms with Gasteiger partial charge in [-0.1, -0.05) is 13.8 Å². The molecule has 0 bridgehead atoms. The highest BCUT2D eigenvalue weighted by Crippen LogP contribution is 2.33. The van der Waals surface area contributed by atoms with Crippen LogP contribution in [0.4, 0.5) is 5.69 Å². The average molecular weight is 236 g/mol. The van der Waals surface area contributed by atoms with Crippen LogP contribution in [-0.4, -0.2) is 34.4 Å². The van der Waals surface area contributed by atoms with Gasteiger partial charge in [0.1, 0.15) is 0 Å². The molecule has 0 saturated carbocycles. The molecule has 1 aromatic heterocycles. The van der Waals surface area contributed by atoms with Crippen LogP contribution in [0.3, 0.4) is 0 Å². The second-order valence-corrected chi connectivity index (χ2v) is 5.38. The molecule has 1 atom stereocenters. The molecule has 4 heteroatoms. The molecule has 4 nitrogen and oxygen atoms in total. The van der Waals surface area contributed by atoms with Crippen LogP contribution in [0.1, 0.15) is 25.8 Å². The molecule has 2 N–H and O–H groups in total. The Morgan fingerprint density at radius 2 is 2.29 bits per heavy atom. The van der Waals surface area contributed by atoms with E-state index < -0.39 is 0 Å². The number of aromatic nitrogens is 1. The van der Waals surface area contributed by atoms with Crippen LogP contribution in [0.15, 0.2) is 18.5 Å². The smallest absolute Gasteiger partial charge is 0.0703 e. The molecule has 1 aromatic rings. The largest absolute Gasteiger partial charge is 0.392 e. The minimum absolute atomic E-state index is 0.0251. The van der Waals surface area contributed by atoms with Gasteiger partial charge in [0.15, 0.2) is 0 Å². The fraction of sp³-hybridized carbons (Fsp3) is 0.615. The fourth-order valence-corrected chi connectivity index (χ4v) is 2.38. The first-order chi connectivity index (χ1) is 8.04. The Kier molecular flexibility index (Phi) is 3.35. The lowest BCUT2D eigenvalue weighted by molar-refractivity contribution is 0.0335. The van der Waals surface area contributed by atoms with E-state index in [1.165, 1.54) is 0 Å². The molecule has 0 spiro atoms. The number of aliphatic hydroxyl groups is 2. The molecule has 1 saturated heterocycles. The number of pyridine rings is 1. The summed E-state index contributed by atoms with van der Waals surface area (Å²) in [5, 5.41) is 19.3. The van der Waals surface area contributed by atoms with Gasteiger partial charge in [0, 0.05) is 30.3 Å². The Labute approximate surface area is 102 Å². The monoisotopic (exact) mass is 236 g/mol. The summed E-state index contributed by atoms with van der Waals surface area (Å²) in [6.07, 6.45) is 3.98. The number of nitrogens with zero attached hydrogens (tertiary/aromatic N) is 2. The summed E-state index contributed by atoms with van der Waals surface area (Å²) in [5.74, 6) is 0. The molecule has 0 aliphatic carbocycles. The number of aliphatic hydroxyl groups excluding tert-OH is 2. The van der Waals surface area contributed by atoms with E-state index in [2.05, 4.69) is 23.7 Å². The first-order valence-corrected chi connectivity index (χ1v) is 6.01. The lowest BCUT2D eigenvalue weighted by atomic mass is 9.81. The minimum atomic E-state index is -0.256. The third-order valence-corrected chi connectivity index (χ3v) is 3.57. The van der Waals surface area contributed by atoms with Crippen LogP contribution in [0.25, 0.3) is 0 Å². The summed E-state index contributed by atoms with van der Waals surface area (Å²) in [4.78, 5) is 6.32. The summed E-state index contributed by atoms with van der Waals surface area (Å²) < 4.78 is 0. The van der Waals surface area contributed by atoms with Crippen LogP contribution in [0.5, 0.6) is 0 Å². The number of piperidine rings is 1. The van der Waals surface area contributed by atoms with Crippen LogP contribution >= 0.6 is 0 Å². The van der Waals surface area contributed by atoms with Crippen LogP contribution in [0, 0.1) is 5.41 Å². The summed E-state index contributed by atoms with van der Waals surface area (Å²) in [6.45, 7) is 5.76. The maximum atomic E-state index is 9.94. The zero-order valence-corrected chi connectivity index (χ0v) is 10.4. The highest BCUT2D eigenvalue weighted by Gasteiger charge is 2.35. The molecular formula is C13H20N2O2. The Bertz CT molecular complexity index is 393. The molecule has 0 aromatic carbocycles. The maximum absolute atomic E-state index is 9.94. The van der Waals surface area contributed by atoms with E-state index in [4.69, 9.17) is 0 Å². The standard InChI is InChI=1S/C13H20N2O2/c1-13(2)9-15(6-4-12(13)17)11-7-14-5-3-10(11)8-16/h3,5,7,12,16-17H,4,6,8-9H2,1-2H3. The van der Waals surface area contributed by atoms with Gasteiger partial charge in [0.05, 0.1) is 24.6 Å². The molecule has 2 heterocycles. The number of anilines is 1. The van der Waals surface area contributed by atoms with Gasteiger partial charge in [-0.25, -0.2) is 0 Å². The summed E-state index contributed by atoms with van der Waals surface area (Å²) in [5.41, 5.74) is 1.75. The Balaban J connectivity index is 2.23. The molecule has 0 radical (unpaired) electrons. The second-order valence-electron chi connectivity index (χ2n) is 5.38. The second kappa shape index (κ2) is 4.63. The van der Waals surface area contributed by atoms with Gasteiger partial charge in [-0.2, -0.15) is 0 Å². The van der Waals surface area contributed by atoms with Crippen molar-refractivity contribution in [2.45, 2.75) is 33.0 Å². The van der Waals surface area contributed by atoms with Crippen molar-refractivity contribution in [2.24, 2.45) is 5.41 Å². The van der Waals surface area contributed by atoms with E-state index in [0.717, 1.165) is 30.8 Å². The molecule has 1 fully saturated rings. The molecule has 17 heavy (non-hydrogen) atoms. The summed E-state index contributed by atoms with van der Waals surface area (Å²) in [7, 11) is 0. The van der Waals surface area contributed by atoms with Crippen molar-refractivity contribution in [3.8, 4) is 0 Å². The summed E-state index contributed by atoms with van der Waals surface area (Å²) in [6, 6.07) is 1.84. The molecule has 0 amide bonds. The third kappa shape index (κ3) is 2.42. The highest BCUT2D eigenvalue weighted by molar-refractivity contribution is 5.52. The molecule has 94 valence electrons. The SMILES string of the molecule is CC1(C)CN(c2cnccc2CO)CCC1O. The van der Waals surface area contributed by atoms with E-state index in [9.17, 15) is 10.2 Å². The van der Waals surface area contributed by atoms with Gasteiger partial charge >= 0.3 is 0 Å². The predicted octanol–water partition coefficient (Wildman–Crippen LogP) is 1.17. The first-order valence-electron chi connectivity index (χ1n) is 6.01. The predicted molar refractivity (Wildman–Crippen MR) is 66.8 cm³/mol. The van der Waals surface area contributed by atoms with Crippen molar-refractivity contribution >= 4 is 5.69 Å². The van der Waals surface area contributed by atoms with Crippen molar-refractivity contribution < 1.29 is 10.2 Å². The fourth-order valence-electron chi connectivity index (χ4n) is 2.38. The van der Waals surface area contributed by atoms with E-state index in [1.807, 2.05) is 6.07 Å². The lowest BCUT2D eigenvalue weighted by Crippen LogP contribution is -2.49. The number of rotatable bonds is 2. The van der Waals surface area contributed by atoms with Gasteiger partial charge in [-0.15, -0.1) is 0 Å². The van der Waals surface area contributed by atoms with E-state index in [-0.39, 0.29) is 18.1 Å². The zero-order chi connectivity index (χ0) is 12.5. The molecule has 1 aliphatic rings. The van der Waals surface area contributed by atoms with Gasteiger partial charge < -0.3 is 15.1 Å². The van der Waals surface area contributed by atoms with Crippen LogP contribution in [-0.2, 0) is 6.61 Å². The Hall–Kier alpha value is -1.13. The van der Waals surface area contributed by atoms with Crippen LogP contribution < -0.4 is 4.90 Å². The average Bonchev–Trinajstić information content (AvgIpc) is 2.32. The van der Waals surface area contributed by atoms with E-state index >= 15 is 0 Å². The Morgan fingerprint density at radius 3 is 2.94 bits per heavy atom. The quantitative estimate of drug-likeness (QED) is 0.809. The summed E-state index contributed by atoms with van der Waals surface area (Å²) >= 11 is 0. The van der Waals surface area contributed by atoms with Gasteiger partial charge in [-0.05, 0) is 12.5 Å². The van der Waals surface area contributed by atoms with Crippen molar-refractivity contribution in [2.75, 3.05) is 18.0 Å². The topological polar surface area (TPSA) is 56.6 Å². The van der Waals surface area contributed by atoms with Crippen molar-refractivity contribution in [1.82, 2.24) is 4.98 Å². The zero-order valence-electron chi connectivity index (χ0n) is 10.4. The molecule has 1 unspecified atom stereocenters. The number of hydrogen-bond donors (Lipinski definition) is 2. The van der Waals surface area contributed by atoms with E-state index in [0.29, 0.717) is 0 Å². The minimum Gasteiger partial charge on any atom is -0.392 e. The van der Waals surface area contributed by atoms with Gasteiger partial charge in [0.25, 0.3) is 0 Å². The van der Waals surface area contributed by atoms with Gasteiger partial charge in [0.2, 0.25) is 0 Å². The third-order valence-electron chi connectivity index (χ3n) is 3.57. The first kappa shape index (κ1) is 12.3. The maximum Gasteiger partial charge on any atom is 0.0703 e. The van der Waals surface area contributed by atoms with Crippen molar-refractivity contribution in [3.63, 3.8) is 0 Å². The highest BCUT2D eigenvalue weighted by atomic mass is 16.3.